The Bertz CT molecular complexity index is 756. The summed E-state index contributed by atoms with van der Waals surface area (Å²) < 4.78 is 15.2. The Morgan fingerprint density at radius 3 is 1.97 bits per heavy atom. The number of fused-ring (bicyclic) bond motifs is 1. The van der Waals surface area contributed by atoms with Gasteiger partial charge in [-0.05, 0) is 0 Å². The second-order valence-corrected chi connectivity index (χ2v) is 27.8. The van der Waals surface area contributed by atoms with Gasteiger partial charge in [0, 0.05) is 0 Å². The molecule has 2 aromatic heterocycles. The molecule has 0 atom stereocenters. The van der Waals surface area contributed by atoms with Gasteiger partial charge in [-0.25, -0.2) is 0 Å². The van der Waals surface area contributed by atoms with E-state index in [0.717, 1.165) is 6.61 Å². The Morgan fingerprint density at radius 1 is 1.00 bits per heavy atom. The van der Waals surface area contributed by atoms with Gasteiger partial charge in [0.15, 0.2) is 0 Å². The minimum atomic E-state index is -2.53. The fourth-order valence-corrected chi connectivity index (χ4v) is 26.3. The van der Waals surface area contributed by atoms with Crippen molar-refractivity contribution >= 4 is 46.5 Å². The van der Waals surface area contributed by atoms with E-state index in [1.54, 1.807) is 0 Å². The molecule has 0 unspecified atom stereocenters. The monoisotopic (exact) mass is 558 g/mol. The Balaban J connectivity index is 2.68. The summed E-state index contributed by atoms with van der Waals surface area (Å²) in [6, 6.07) is 0. The minimum absolute atomic E-state index is 0.0796. The number of hydrogen-bond donors (Lipinski definition) is 0. The van der Waals surface area contributed by atoms with Gasteiger partial charge >= 0.3 is 196 Å². The third kappa shape index (κ3) is 6.35. The molecule has 2 rings (SSSR count). The number of unbranched alkanes of at least 4 members (excludes halogenated alkanes) is 3. The molecule has 6 heteroatoms. The number of rotatable bonds is 13. The van der Waals surface area contributed by atoms with E-state index in [0.29, 0.717) is 0 Å². The van der Waals surface area contributed by atoms with Crippen LogP contribution in [0, 0.1) is 0 Å². The molecule has 0 aliphatic carbocycles. The van der Waals surface area contributed by atoms with Crippen molar-refractivity contribution in [2.45, 2.75) is 118 Å². The van der Waals surface area contributed by atoms with Gasteiger partial charge in [-0.3, -0.25) is 0 Å². The Morgan fingerprint density at radius 2 is 1.53 bits per heavy atom. The summed E-state index contributed by atoms with van der Waals surface area (Å²) in [5, 5.41) is 0. The molecule has 2 aromatic rings. The molecule has 0 aromatic carbocycles. The molecule has 0 fully saturated rings. The number of imidazole rings is 1. The van der Waals surface area contributed by atoms with Gasteiger partial charge in [-0.2, -0.15) is 0 Å². The van der Waals surface area contributed by atoms with E-state index in [9.17, 15) is 0 Å². The third-order valence-electron chi connectivity index (χ3n) is 6.25. The molecular formula is C24H46N2OSSiSn. The summed E-state index contributed by atoms with van der Waals surface area (Å²) in [5.41, 5.74) is 2.83. The predicted molar refractivity (Wildman–Crippen MR) is 140 cm³/mol. The summed E-state index contributed by atoms with van der Waals surface area (Å²) in [7, 11) is -1.07. The molecule has 0 radical (unpaired) electrons. The Kier molecular flexibility index (Phi) is 10.4. The quantitative estimate of drug-likeness (QED) is 0.243. The molecule has 0 N–H and O–H groups in total. The molecule has 0 aliphatic rings. The van der Waals surface area contributed by atoms with Crippen LogP contribution >= 0.6 is 11.3 Å². The SMILES string of the molecule is CCC[CH2][Sn]([CH2]CCC)([CH2]CCC)[c]1sc2c(C(C)(C)C)ncn2c1CO[SiH](C)C. The van der Waals surface area contributed by atoms with Crippen LogP contribution in [0.3, 0.4) is 0 Å². The Labute approximate surface area is 195 Å². The molecule has 0 spiro atoms. The summed E-state index contributed by atoms with van der Waals surface area (Å²) >= 11 is -0.406. The van der Waals surface area contributed by atoms with Crippen molar-refractivity contribution in [3.05, 3.63) is 17.7 Å². The summed E-state index contributed by atoms with van der Waals surface area (Å²) in [5.74, 6) is 0. The van der Waals surface area contributed by atoms with Gasteiger partial charge in [0.1, 0.15) is 0 Å². The molecule has 0 aliphatic heterocycles. The van der Waals surface area contributed by atoms with E-state index in [4.69, 9.17) is 9.41 Å². The van der Waals surface area contributed by atoms with Crippen LogP contribution in [0.5, 0.6) is 0 Å². The van der Waals surface area contributed by atoms with E-state index in [-0.39, 0.29) is 5.41 Å². The second-order valence-electron chi connectivity index (χ2n) is 10.3. The summed E-state index contributed by atoms with van der Waals surface area (Å²) in [6.07, 6.45) is 10.3. The Hall–Kier alpha value is 0.146. The van der Waals surface area contributed by atoms with Crippen molar-refractivity contribution in [1.82, 2.24) is 9.38 Å². The zero-order chi connectivity index (χ0) is 22.4. The van der Waals surface area contributed by atoms with Gasteiger partial charge in [0.2, 0.25) is 0 Å². The van der Waals surface area contributed by atoms with Crippen LogP contribution in [0.25, 0.3) is 4.83 Å². The van der Waals surface area contributed by atoms with Gasteiger partial charge in [-0.1, -0.05) is 0 Å². The van der Waals surface area contributed by atoms with Gasteiger partial charge < -0.3 is 0 Å². The normalized spacial score (nSPS) is 13.1. The molecule has 0 saturated carbocycles. The van der Waals surface area contributed by atoms with E-state index in [1.165, 1.54) is 68.1 Å². The first kappa shape index (κ1) is 26.4. The molecule has 0 amide bonds. The van der Waals surface area contributed by atoms with E-state index in [2.05, 4.69) is 76.7 Å². The molecule has 30 heavy (non-hydrogen) atoms. The first-order valence-corrected chi connectivity index (χ1v) is 23.4. The molecule has 0 bridgehead atoms. The van der Waals surface area contributed by atoms with Crippen molar-refractivity contribution in [2.75, 3.05) is 0 Å². The summed E-state index contributed by atoms with van der Waals surface area (Å²) in [6.45, 7) is 19.4. The fraction of sp³-hybridized carbons (Fsp3) is 0.792. The zero-order valence-corrected chi connectivity index (χ0v) is 25.8. The van der Waals surface area contributed by atoms with Crippen molar-refractivity contribution in [1.29, 1.82) is 0 Å². The van der Waals surface area contributed by atoms with Crippen LogP contribution in [0.1, 0.15) is 91.5 Å². The van der Waals surface area contributed by atoms with Crippen molar-refractivity contribution < 1.29 is 4.43 Å². The number of nitrogens with zero attached hydrogens (tertiary/aromatic N) is 2. The average Bonchev–Trinajstić information content (AvgIpc) is 3.25. The van der Waals surface area contributed by atoms with Crippen molar-refractivity contribution in [3.8, 4) is 0 Å². The van der Waals surface area contributed by atoms with E-state index in [1.807, 2.05) is 2.89 Å². The van der Waals surface area contributed by atoms with Crippen LogP contribution in [0.4, 0.5) is 0 Å². The topological polar surface area (TPSA) is 26.5 Å². The second kappa shape index (κ2) is 11.8. The third-order valence-corrected chi connectivity index (χ3v) is 26.7. The van der Waals surface area contributed by atoms with E-state index >= 15 is 0 Å². The van der Waals surface area contributed by atoms with Crippen LogP contribution in [0.15, 0.2) is 6.33 Å². The molecule has 172 valence electrons. The van der Waals surface area contributed by atoms with Gasteiger partial charge in [0.25, 0.3) is 0 Å². The number of thiazole rings is 1. The van der Waals surface area contributed by atoms with E-state index < -0.39 is 27.4 Å². The van der Waals surface area contributed by atoms with Gasteiger partial charge in [-0.15, -0.1) is 0 Å². The first-order valence-electron chi connectivity index (χ1n) is 12.3. The number of hydrogen-bond acceptors (Lipinski definition) is 3. The van der Waals surface area contributed by atoms with Crippen LogP contribution in [-0.2, 0) is 16.4 Å². The zero-order valence-electron chi connectivity index (χ0n) is 20.9. The molecule has 2 heterocycles. The van der Waals surface area contributed by atoms with Crippen LogP contribution in [-0.4, -0.2) is 36.8 Å². The predicted octanol–water partition coefficient (Wildman–Crippen LogP) is 7.25. The fourth-order valence-electron chi connectivity index (χ4n) is 4.46. The van der Waals surface area contributed by atoms with Gasteiger partial charge in [0.05, 0.1) is 0 Å². The first-order chi connectivity index (χ1) is 14.2. The average molecular weight is 558 g/mol. The molecular weight excluding hydrogens is 511 g/mol. The summed E-state index contributed by atoms with van der Waals surface area (Å²) in [4.78, 5) is 6.27. The standard InChI is InChI=1S/C12H19N2OSSi.3C4H9.Sn/c1-12(2,3)10-11-14(8-13-10)9(7-16-11)6-15-17(4)5;3*1-3-4-2;/h8,17H,6H2,1-5H3;3*1,3-4H2,2H3;. The molecule has 3 nitrogen and oxygen atoms in total. The van der Waals surface area contributed by atoms with Crippen molar-refractivity contribution in [2.24, 2.45) is 0 Å². The number of aromatic nitrogens is 2. The maximum absolute atomic E-state index is 6.37. The molecule has 0 saturated heterocycles. The van der Waals surface area contributed by atoms with Crippen LogP contribution in [0.2, 0.25) is 26.4 Å². The van der Waals surface area contributed by atoms with Crippen molar-refractivity contribution in [3.63, 3.8) is 0 Å². The van der Waals surface area contributed by atoms with Crippen LogP contribution < -0.4 is 2.89 Å². The maximum atomic E-state index is 6.37.